The first-order chi connectivity index (χ1) is 12.8. The Balaban J connectivity index is 2.36. The van der Waals surface area contributed by atoms with Gasteiger partial charge in [0.05, 0.1) is 12.6 Å². The van der Waals surface area contributed by atoms with Gasteiger partial charge in [0.25, 0.3) is 0 Å². The van der Waals surface area contributed by atoms with Crippen LogP contribution in [0.4, 0.5) is 0 Å². The fraction of sp³-hybridized carbons (Fsp3) is 0.609. The van der Waals surface area contributed by atoms with Crippen LogP contribution in [0.25, 0.3) is 10.9 Å². The molecule has 27 heavy (non-hydrogen) atoms. The van der Waals surface area contributed by atoms with Crippen molar-refractivity contribution in [3.05, 3.63) is 29.5 Å². The number of nitrogens with two attached hydrogens (primary N) is 1. The number of carbonyl (C=O) groups excluding carboxylic acids is 1. The van der Waals surface area contributed by atoms with Crippen LogP contribution >= 0.6 is 0 Å². The van der Waals surface area contributed by atoms with E-state index in [1.165, 1.54) is 16.6 Å². The van der Waals surface area contributed by atoms with E-state index in [1.807, 2.05) is 6.07 Å². The number of ether oxygens (including phenoxy) is 1. The highest BCUT2D eigenvalue weighted by Gasteiger charge is 2.42. The molecular weight excluding hydrogens is 336 g/mol. The minimum atomic E-state index is -0.679. The first-order valence-electron chi connectivity index (χ1n) is 10.3. The van der Waals surface area contributed by atoms with Crippen molar-refractivity contribution in [2.45, 2.75) is 78.2 Å². The van der Waals surface area contributed by atoms with Crippen molar-refractivity contribution >= 4 is 16.8 Å². The van der Waals surface area contributed by atoms with E-state index in [9.17, 15) is 4.79 Å². The highest BCUT2D eigenvalue weighted by Crippen LogP contribution is 2.44. The van der Waals surface area contributed by atoms with Gasteiger partial charge in [-0.05, 0) is 55.2 Å². The van der Waals surface area contributed by atoms with Crippen molar-refractivity contribution in [3.8, 4) is 5.75 Å². The molecule has 1 unspecified atom stereocenters. The summed E-state index contributed by atoms with van der Waals surface area (Å²) < 4.78 is 7.81. The summed E-state index contributed by atoms with van der Waals surface area (Å²) in [6.45, 7) is 8.90. The largest absolute Gasteiger partial charge is 0.497 e. The van der Waals surface area contributed by atoms with Gasteiger partial charge in [-0.2, -0.15) is 0 Å². The first-order valence-corrected chi connectivity index (χ1v) is 10.3. The lowest BCUT2D eigenvalue weighted by Crippen LogP contribution is -2.47. The second-order valence-corrected chi connectivity index (χ2v) is 8.84. The van der Waals surface area contributed by atoms with Crippen molar-refractivity contribution < 1.29 is 9.53 Å². The number of hydrogen-bond donors (Lipinski definition) is 1. The summed E-state index contributed by atoms with van der Waals surface area (Å²) in [5.41, 5.74) is 9.41. The number of nitrogens with zero attached hydrogens (tertiary/aromatic N) is 1. The molecular formula is C23H34N2O2. The van der Waals surface area contributed by atoms with Crippen molar-refractivity contribution in [3.63, 3.8) is 0 Å². The lowest BCUT2D eigenvalue weighted by molar-refractivity contribution is -0.127. The van der Waals surface area contributed by atoms with E-state index in [1.54, 1.807) is 7.11 Å². The standard InChI is InChI=1S/C23H34N2O2/c1-6-8-12-23(7-2,21(24)26)25-19-14-16(27-5)9-10-17(19)18-11-13-22(3,4)15-20(18)25/h9-10,14H,6-8,11-13,15H2,1-5H3,(H2,24,26). The normalized spacial score (nSPS) is 18.1. The van der Waals surface area contributed by atoms with Crippen LogP contribution < -0.4 is 10.5 Å². The Hall–Kier alpha value is -1.97. The maximum Gasteiger partial charge on any atom is 0.243 e. The van der Waals surface area contributed by atoms with Crippen molar-refractivity contribution in [2.24, 2.45) is 11.1 Å². The molecule has 0 bridgehead atoms. The maximum atomic E-state index is 12.9. The molecule has 1 heterocycles. The van der Waals surface area contributed by atoms with E-state index in [2.05, 4.69) is 44.4 Å². The molecule has 0 aliphatic heterocycles. The molecule has 1 amide bonds. The quantitative estimate of drug-likeness (QED) is 0.750. The molecule has 2 N–H and O–H groups in total. The predicted molar refractivity (Wildman–Crippen MR) is 111 cm³/mol. The third-order valence-electron chi connectivity index (χ3n) is 6.50. The number of rotatable bonds is 7. The average molecular weight is 371 g/mol. The number of methoxy groups -OCH3 is 1. The van der Waals surface area contributed by atoms with E-state index < -0.39 is 5.54 Å². The van der Waals surface area contributed by atoms with Crippen LogP contribution in [-0.2, 0) is 23.2 Å². The Morgan fingerprint density at radius 2 is 2.07 bits per heavy atom. The van der Waals surface area contributed by atoms with Crippen molar-refractivity contribution in [1.82, 2.24) is 4.57 Å². The summed E-state index contributed by atoms with van der Waals surface area (Å²) >= 11 is 0. The lowest BCUT2D eigenvalue weighted by Gasteiger charge is -2.38. The van der Waals surface area contributed by atoms with Gasteiger partial charge in [-0.1, -0.05) is 40.5 Å². The molecule has 1 atom stereocenters. The molecule has 1 aromatic heterocycles. The Kier molecular flexibility index (Phi) is 5.29. The Morgan fingerprint density at radius 3 is 2.67 bits per heavy atom. The molecule has 4 heteroatoms. The SMILES string of the molecule is CCCCC(CC)(C(N)=O)n1c2c(c3ccc(OC)cc31)CCC(C)(C)C2. The van der Waals surface area contributed by atoms with Gasteiger partial charge in [-0.25, -0.2) is 0 Å². The molecule has 2 aromatic rings. The second kappa shape index (κ2) is 7.21. The van der Waals surface area contributed by atoms with E-state index in [0.29, 0.717) is 6.42 Å². The molecule has 0 saturated heterocycles. The van der Waals surface area contributed by atoms with E-state index in [0.717, 1.165) is 49.8 Å². The smallest absolute Gasteiger partial charge is 0.243 e. The van der Waals surface area contributed by atoms with Crippen LogP contribution in [0.15, 0.2) is 18.2 Å². The van der Waals surface area contributed by atoms with Gasteiger partial charge in [0.2, 0.25) is 5.91 Å². The molecule has 0 fully saturated rings. The number of aryl methyl sites for hydroxylation is 1. The molecule has 0 radical (unpaired) electrons. The van der Waals surface area contributed by atoms with Crippen LogP contribution in [0, 0.1) is 5.41 Å². The third kappa shape index (κ3) is 3.24. The number of unbranched alkanes of at least 4 members (excludes halogenated alkanes) is 1. The van der Waals surface area contributed by atoms with Gasteiger partial charge in [0, 0.05) is 17.1 Å². The summed E-state index contributed by atoms with van der Waals surface area (Å²) in [7, 11) is 1.69. The van der Waals surface area contributed by atoms with Gasteiger partial charge in [0.15, 0.2) is 0 Å². The number of primary amides is 1. The van der Waals surface area contributed by atoms with Crippen molar-refractivity contribution in [2.75, 3.05) is 7.11 Å². The van der Waals surface area contributed by atoms with Crippen LogP contribution in [-0.4, -0.2) is 17.6 Å². The zero-order valence-electron chi connectivity index (χ0n) is 17.5. The van der Waals surface area contributed by atoms with Gasteiger partial charge >= 0.3 is 0 Å². The molecule has 0 saturated carbocycles. The number of benzene rings is 1. The van der Waals surface area contributed by atoms with Crippen molar-refractivity contribution in [1.29, 1.82) is 0 Å². The number of hydrogen-bond acceptors (Lipinski definition) is 2. The van der Waals surface area contributed by atoms with Gasteiger partial charge in [-0.15, -0.1) is 0 Å². The zero-order valence-corrected chi connectivity index (χ0v) is 17.5. The number of amides is 1. The van der Waals surface area contributed by atoms with Gasteiger partial charge < -0.3 is 15.0 Å². The third-order valence-corrected chi connectivity index (χ3v) is 6.50. The topological polar surface area (TPSA) is 57.2 Å². The number of carbonyl (C=O) groups is 1. The van der Waals surface area contributed by atoms with Crippen LogP contribution in [0.1, 0.15) is 71.1 Å². The summed E-state index contributed by atoms with van der Waals surface area (Å²) in [6, 6.07) is 6.26. The maximum absolute atomic E-state index is 12.9. The molecule has 1 aromatic carbocycles. The Bertz CT molecular complexity index is 850. The van der Waals surface area contributed by atoms with Crippen LogP contribution in [0.5, 0.6) is 5.75 Å². The minimum Gasteiger partial charge on any atom is -0.497 e. The minimum absolute atomic E-state index is 0.218. The average Bonchev–Trinajstić information content (AvgIpc) is 2.94. The van der Waals surface area contributed by atoms with Gasteiger partial charge in [-0.3, -0.25) is 4.79 Å². The molecule has 3 rings (SSSR count). The van der Waals surface area contributed by atoms with E-state index >= 15 is 0 Å². The van der Waals surface area contributed by atoms with Crippen LogP contribution in [0.3, 0.4) is 0 Å². The first kappa shape index (κ1) is 19.8. The Morgan fingerprint density at radius 1 is 1.33 bits per heavy atom. The predicted octanol–water partition coefficient (Wildman–Crippen LogP) is 4.95. The molecule has 0 spiro atoms. The highest BCUT2D eigenvalue weighted by molar-refractivity contribution is 5.91. The molecule has 4 nitrogen and oxygen atoms in total. The summed E-state index contributed by atoms with van der Waals surface area (Å²) in [5, 5.41) is 1.25. The van der Waals surface area contributed by atoms with E-state index in [4.69, 9.17) is 10.5 Å². The fourth-order valence-electron chi connectivity index (χ4n) is 4.80. The zero-order chi connectivity index (χ0) is 19.8. The molecule has 1 aliphatic rings. The summed E-state index contributed by atoms with van der Waals surface area (Å²) in [4.78, 5) is 12.9. The van der Waals surface area contributed by atoms with Crippen LogP contribution in [0.2, 0.25) is 0 Å². The lowest BCUT2D eigenvalue weighted by atomic mass is 9.76. The molecule has 148 valence electrons. The highest BCUT2D eigenvalue weighted by atomic mass is 16.5. The second-order valence-electron chi connectivity index (χ2n) is 8.84. The summed E-state index contributed by atoms with van der Waals surface area (Å²) in [5.74, 6) is 0.604. The molecule has 1 aliphatic carbocycles. The van der Waals surface area contributed by atoms with E-state index in [-0.39, 0.29) is 11.3 Å². The van der Waals surface area contributed by atoms with Gasteiger partial charge in [0.1, 0.15) is 11.3 Å². The Labute approximate surface area is 163 Å². The summed E-state index contributed by atoms with van der Waals surface area (Å²) in [6.07, 6.45) is 6.70. The fourth-order valence-corrected chi connectivity index (χ4v) is 4.80. The number of fused-ring (bicyclic) bond motifs is 3. The number of aromatic nitrogens is 1. The monoisotopic (exact) mass is 370 g/mol.